The van der Waals surface area contributed by atoms with Gasteiger partial charge in [0.1, 0.15) is 0 Å². The summed E-state index contributed by atoms with van der Waals surface area (Å²) in [6.45, 7) is 13.9. The highest BCUT2D eigenvalue weighted by molar-refractivity contribution is 14.0. The summed E-state index contributed by atoms with van der Waals surface area (Å²) in [5.41, 5.74) is 0. The van der Waals surface area contributed by atoms with Crippen molar-refractivity contribution in [1.29, 1.82) is 0 Å². The van der Waals surface area contributed by atoms with E-state index < -0.39 is 0 Å². The Bertz CT molecular complexity index is 372. The van der Waals surface area contributed by atoms with Crippen molar-refractivity contribution in [3.05, 3.63) is 0 Å². The highest BCUT2D eigenvalue weighted by Crippen LogP contribution is 2.18. The summed E-state index contributed by atoms with van der Waals surface area (Å²) in [7, 11) is 4.16. The molecule has 2 rings (SSSR count). The number of piperidine rings is 1. The molecule has 0 amide bonds. The summed E-state index contributed by atoms with van der Waals surface area (Å²) >= 11 is 0. The van der Waals surface area contributed by atoms with Crippen LogP contribution in [0.5, 0.6) is 0 Å². The molecule has 2 unspecified atom stereocenters. The van der Waals surface area contributed by atoms with Gasteiger partial charge >= 0.3 is 0 Å². The van der Waals surface area contributed by atoms with Crippen LogP contribution >= 0.6 is 24.0 Å². The van der Waals surface area contributed by atoms with Gasteiger partial charge in [0.2, 0.25) is 0 Å². The molecule has 2 aliphatic heterocycles. The van der Waals surface area contributed by atoms with E-state index in [9.17, 15) is 0 Å². The Morgan fingerprint density at radius 1 is 1.12 bits per heavy atom. The predicted molar refractivity (Wildman–Crippen MR) is 114 cm³/mol. The number of hydrogen-bond donors (Lipinski definition) is 1. The fourth-order valence-electron chi connectivity index (χ4n) is 4.03. The fraction of sp³-hybridized carbons (Fsp3) is 0.944. The number of likely N-dealkylation sites (tertiary alicyclic amines) is 2. The molecule has 2 saturated heterocycles. The molecule has 0 saturated carbocycles. The Morgan fingerprint density at radius 3 is 2.50 bits per heavy atom. The Hall–Kier alpha value is -0.0800. The van der Waals surface area contributed by atoms with Crippen LogP contribution in [0.4, 0.5) is 0 Å². The second-order valence-electron chi connectivity index (χ2n) is 7.29. The van der Waals surface area contributed by atoms with Gasteiger partial charge in [0.15, 0.2) is 5.96 Å². The third-order valence-corrected chi connectivity index (χ3v) is 5.48. The Labute approximate surface area is 166 Å². The molecule has 0 aromatic heterocycles. The minimum atomic E-state index is 0. The lowest BCUT2D eigenvalue weighted by molar-refractivity contribution is 0.209. The number of nitrogens with zero attached hydrogens (tertiary/aromatic N) is 4. The molecule has 0 radical (unpaired) electrons. The zero-order valence-corrected chi connectivity index (χ0v) is 18.5. The van der Waals surface area contributed by atoms with E-state index in [0.717, 1.165) is 50.5 Å². The average Bonchev–Trinajstić information content (AvgIpc) is 3.02. The SMILES string of the molecule is CCN(CC)CC1CCN(C(=NC)NCC2CCCN(C)C2)C1.I. The molecular weight excluding hydrogens is 413 g/mol. The van der Waals surface area contributed by atoms with E-state index in [4.69, 9.17) is 0 Å². The van der Waals surface area contributed by atoms with Crippen molar-refractivity contribution in [3.63, 3.8) is 0 Å². The highest BCUT2D eigenvalue weighted by Gasteiger charge is 2.26. The second kappa shape index (κ2) is 11.5. The van der Waals surface area contributed by atoms with Gasteiger partial charge < -0.3 is 20.0 Å². The average molecular weight is 451 g/mol. The quantitative estimate of drug-likeness (QED) is 0.382. The predicted octanol–water partition coefficient (Wildman–Crippen LogP) is 2.19. The number of guanidine groups is 1. The minimum absolute atomic E-state index is 0. The highest BCUT2D eigenvalue weighted by atomic mass is 127. The topological polar surface area (TPSA) is 34.1 Å². The zero-order chi connectivity index (χ0) is 16.7. The van der Waals surface area contributed by atoms with Crippen molar-refractivity contribution < 1.29 is 0 Å². The number of aliphatic imine (C=N–C) groups is 1. The first-order valence-electron chi connectivity index (χ1n) is 9.52. The lowest BCUT2D eigenvalue weighted by Gasteiger charge is -2.31. The van der Waals surface area contributed by atoms with Crippen molar-refractivity contribution in [1.82, 2.24) is 20.0 Å². The van der Waals surface area contributed by atoms with E-state index in [1.54, 1.807) is 0 Å². The lowest BCUT2D eigenvalue weighted by Crippen LogP contribution is -2.45. The summed E-state index contributed by atoms with van der Waals surface area (Å²) in [6, 6.07) is 0. The van der Waals surface area contributed by atoms with Crippen LogP contribution in [0.25, 0.3) is 0 Å². The van der Waals surface area contributed by atoms with Gasteiger partial charge in [-0.05, 0) is 57.8 Å². The molecule has 1 N–H and O–H groups in total. The number of halogens is 1. The molecule has 2 aliphatic rings. The summed E-state index contributed by atoms with van der Waals surface area (Å²) in [5, 5.41) is 3.64. The maximum atomic E-state index is 4.53. The van der Waals surface area contributed by atoms with E-state index in [1.165, 1.54) is 38.9 Å². The van der Waals surface area contributed by atoms with Gasteiger partial charge in [0.25, 0.3) is 0 Å². The minimum Gasteiger partial charge on any atom is -0.356 e. The van der Waals surface area contributed by atoms with Crippen molar-refractivity contribution in [3.8, 4) is 0 Å². The van der Waals surface area contributed by atoms with Gasteiger partial charge in [-0.25, -0.2) is 0 Å². The van der Waals surface area contributed by atoms with Crippen molar-refractivity contribution in [2.75, 3.05) is 66.5 Å². The van der Waals surface area contributed by atoms with E-state index in [0.29, 0.717) is 0 Å². The first-order chi connectivity index (χ1) is 11.2. The summed E-state index contributed by atoms with van der Waals surface area (Å²) in [6.07, 6.45) is 3.97. The van der Waals surface area contributed by atoms with Gasteiger partial charge in [-0.2, -0.15) is 0 Å². The maximum Gasteiger partial charge on any atom is 0.193 e. The number of hydrogen-bond acceptors (Lipinski definition) is 3. The first-order valence-corrected chi connectivity index (χ1v) is 9.52. The van der Waals surface area contributed by atoms with Crippen LogP contribution in [0, 0.1) is 11.8 Å². The molecular formula is C18H38IN5. The van der Waals surface area contributed by atoms with Crippen LogP contribution in [-0.4, -0.2) is 87.1 Å². The number of rotatable bonds is 6. The Morgan fingerprint density at radius 2 is 1.88 bits per heavy atom. The number of nitrogens with one attached hydrogen (secondary N) is 1. The van der Waals surface area contributed by atoms with E-state index in [1.807, 2.05) is 7.05 Å². The van der Waals surface area contributed by atoms with Crippen LogP contribution in [0.3, 0.4) is 0 Å². The molecule has 24 heavy (non-hydrogen) atoms. The standard InChI is InChI=1S/C18H37N5.HI/c1-5-22(6-2)14-17-9-11-23(15-17)18(19-3)20-12-16-8-7-10-21(4)13-16;/h16-17H,5-15H2,1-4H3,(H,19,20);1H. The molecule has 142 valence electrons. The van der Waals surface area contributed by atoms with E-state index >= 15 is 0 Å². The van der Waals surface area contributed by atoms with Crippen LogP contribution in [0.15, 0.2) is 4.99 Å². The van der Waals surface area contributed by atoms with Gasteiger partial charge in [0.05, 0.1) is 0 Å². The maximum absolute atomic E-state index is 4.53. The third-order valence-electron chi connectivity index (χ3n) is 5.48. The van der Waals surface area contributed by atoms with Crippen LogP contribution in [0.2, 0.25) is 0 Å². The van der Waals surface area contributed by atoms with Crippen LogP contribution in [0.1, 0.15) is 33.1 Å². The fourth-order valence-corrected chi connectivity index (χ4v) is 4.03. The van der Waals surface area contributed by atoms with Crippen molar-refractivity contribution in [2.45, 2.75) is 33.1 Å². The molecule has 6 heteroatoms. The van der Waals surface area contributed by atoms with Crippen LogP contribution in [-0.2, 0) is 0 Å². The summed E-state index contributed by atoms with van der Waals surface area (Å²) < 4.78 is 0. The molecule has 0 aliphatic carbocycles. The van der Waals surface area contributed by atoms with E-state index in [-0.39, 0.29) is 24.0 Å². The third kappa shape index (κ3) is 6.67. The van der Waals surface area contributed by atoms with Crippen molar-refractivity contribution >= 4 is 29.9 Å². The molecule has 5 nitrogen and oxygen atoms in total. The molecule has 0 aromatic rings. The molecule has 0 bridgehead atoms. The molecule has 2 atom stereocenters. The largest absolute Gasteiger partial charge is 0.356 e. The first kappa shape index (κ1) is 22.0. The second-order valence-corrected chi connectivity index (χ2v) is 7.29. The zero-order valence-electron chi connectivity index (χ0n) is 16.1. The van der Waals surface area contributed by atoms with Gasteiger partial charge in [-0.3, -0.25) is 4.99 Å². The van der Waals surface area contributed by atoms with E-state index in [2.05, 4.69) is 45.9 Å². The normalized spacial score (nSPS) is 25.9. The Kier molecular flexibility index (Phi) is 10.5. The molecule has 2 fully saturated rings. The van der Waals surface area contributed by atoms with Gasteiger partial charge in [0, 0.05) is 39.8 Å². The smallest absolute Gasteiger partial charge is 0.193 e. The summed E-state index contributed by atoms with van der Waals surface area (Å²) in [5.74, 6) is 2.66. The monoisotopic (exact) mass is 451 g/mol. The van der Waals surface area contributed by atoms with Crippen molar-refractivity contribution in [2.24, 2.45) is 16.8 Å². The summed E-state index contributed by atoms with van der Waals surface area (Å²) in [4.78, 5) is 12.0. The molecule has 0 spiro atoms. The molecule has 2 heterocycles. The Balaban J connectivity index is 0.00000288. The molecule has 0 aromatic carbocycles. The van der Waals surface area contributed by atoms with Gasteiger partial charge in [-0.15, -0.1) is 24.0 Å². The lowest BCUT2D eigenvalue weighted by atomic mass is 9.99. The van der Waals surface area contributed by atoms with Crippen LogP contribution < -0.4 is 5.32 Å². The van der Waals surface area contributed by atoms with Gasteiger partial charge in [-0.1, -0.05) is 13.8 Å².